The van der Waals surface area contributed by atoms with Crippen molar-refractivity contribution in [3.63, 3.8) is 0 Å². The number of nitrogens with zero attached hydrogens (tertiary/aromatic N) is 1. The Morgan fingerprint density at radius 1 is 1.08 bits per heavy atom. The van der Waals surface area contributed by atoms with E-state index in [-0.39, 0.29) is 17.4 Å². The lowest BCUT2D eigenvalue weighted by molar-refractivity contribution is -0.119. The Morgan fingerprint density at radius 3 is 2.44 bits per heavy atom. The normalized spacial score (nSPS) is 27.0. The molecule has 1 aliphatic heterocycles. The van der Waals surface area contributed by atoms with E-state index in [4.69, 9.17) is 0 Å². The fourth-order valence-electron chi connectivity index (χ4n) is 5.68. The van der Waals surface area contributed by atoms with Crippen LogP contribution >= 0.6 is 0 Å². The summed E-state index contributed by atoms with van der Waals surface area (Å²) >= 11 is 0. The molecule has 1 spiro atoms. The first-order valence-corrected chi connectivity index (χ1v) is 10.3. The smallest absolute Gasteiger partial charge is 0.217 e. The first-order chi connectivity index (χ1) is 12.2. The third-order valence-corrected chi connectivity index (χ3v) is 6.98. The van der Waals surface area contributed by atoms with Crippen molar-refractivity contribution in [2.75, 3.05) is 13.1 Å². The Hall–Kier alpha value is -1.35. The minimum Gasteiger partial charge on any atom is -0.349 e. The highest BCUT2D eigenvalue weighted by Gasteiger charge is 2.46. The molecule has 3 aliphatic rings. The summed E-state index contributed by atoms with van der Waals surface area (Å²) in [5.74, 6) is 0.0905. The maximum Gasteiger partial charge on any atom is 0.217 e. The minimum absolute atomic E-state index is 0.0905. The molecule has 2 fully saturated rings. The molecule has 1 amide bonds. The predicted octanol–water partition coefficient (Wildman–Crippen LogP) is 4.32. The van der Waals surface area contributed by atoms with E-state index in [1.54, 1.807) is 6.92 Å². The molecule has 4 rings (SSSR count). The van der Waals surface area contributed by atoms with Gasteiger partial charge >= 0.3 is 0 Å². The first-order valence-electron chi connectivity index (χ1n) is 10.3. The Balaban J connectivity index is 1.49. The number of likely N-dealkylation sites (tertiary alicyclic amines) is 1. The highest BCUT2D eigenvalue weighted by molar-refractivity contribution is 5.73. The van der Waals surface area contributed by atoms with E-state index in [2.05, 4.69) is 34.5 Å². The maximum absolute atomic E-state index is 11.7. The predicted molar refractivity (Wildman–Crippen MR) is 102 cm³/mol. The van der Waals surface area contributed by atoms with E-state index < -0.39 is 0 Å². The summed E-state index contributed by atoms with van der Waals surface area (Å²) in [4.78, 5) is 14.4. The van der Waals surface area contributed by atoms with Crippen molar-refractivity contribution in [1.29, 1.82) is 0 Å². The monoisotopic (exact) mass is 340 g/mol. The number of carbonyl (C=O) groups is 1. The number of rotatable bonds is 2. The van der Waals surface area contributed by atoms with E-state index in [1.807, 2.05) is 0 Å². The lowest BCUT2D eigenvalue weighted by atomic mass is 9.73. The lowest BCUT2D eigenvalue weighted by Crippen LogP contribution is -2.46. The van der Waals surface area contributed by atoms with E-state index in [0.717, 1.165) is 12.5 Å². The standard InChI is InChI=1S/C22H32N2O/c1-17(25)23-21-16-22(20-11-7-6-10-19(20)21)12-14-24(15-13-22)18-8-4-2-3-5-9-18/h6-7,10-11,18,21H,2-5,8-9,12-16H2,1H3,(H,23,25). The summed E-state index contributed by atoms with van der Waals surface area (Å²) in [6.07, 6.45) is 12.1. The number of benzene rings is 1. The summed E-state index contributed by atoms with van der Waals surface area (Å²) < 4.78 is 0. The molecule has 0 radical (unpaired) electrons. The van der Waals surface area contributed by atoms with Gasteiger partial charge in [0.1, 0.15) is 0 Å². The average Bonchev–Trinajstić information content (AvgIpc) is 2.80. The summed E-state index contributed by atoms with van der Waals surface area (Å²) in [5, 5.41) is 3.20. The summed E-state index contributed by atoms with van der Waals surface area (Å²) in [6, 6.07) is 9.86. The van der Waals surface area contributed by atoms with Crippen LogP contribution in [0.4, 0.5) is 0 Å². The molecule has 3 nitrogen and oxygen atoms in total. The SMILES string of the molecule is CC(=O)NC1CC2(CCN(C3CCCCCC3)CC2)c2ccccc21. The third kappa shape index (κ3) is 3.36. The van der Waals surface area contributed by atoms with Crippen LogP contribution in [-0.4, -0.2) is 29.9 Å². The van der Waals surface area contributed by atoms with Gasteiger partial charge < -0.3 is 10.2 Å². The van der Waals surface area contributed by atoms with Crippen LogP contribution in [0.25, 0.3) is 0 Å². The largest absolute Gasteiger partial charge is 0.349 e. The van der Waals surface area contributed by atoms with Crippen LogP contribution in [0.1, 0.15) is 81.9 Å². The third-order valence-electron chi connectivity index (χ3n) is 6.98. The van der Waals surface area contributed by atoms with Gasteiger partial charge in [0, 0.05) is 18.4 Å². The van der Waals surface area contributed by atoms with Crippen molar-refractivity contribution in [3.05, 3.63) is 35.4 Å². The molecule has 1 unspecified atom stereocenters. The second kappa shape index (κ2) is 7.11. The van der Waals surface area contributed by atoms with Crippen molar-refractivity contribution < 1.29 is 4.79 Å². The maximum atomic E-state index is 11.7. The van der Waals surface area contributed by atoms with Crippen LogP contribution in [0.5, 0.6) is 0 Å². The molecule has 0 aromatic heterocycles. The van der Waals surface area contributed by atoms with Crippen LogP contribution in [0.2, 0.25) is 0 Å². The summed E-state index contributed by atoms with van der Waals surface area (Å²) in [6.45, 7) is 4.10. The zero-order valence-electron chi connectivity index (χ0n) is 15.6. The Kier molecular flexibility index (Phi) is 4.86. The number of amides is 1. The second-order valence-electron chi connectivity index (χ2n) is 8.51. The van der Waals surface area contributed by atoms with Gasteiger partial charge in [-0.1, -0.05) is 49.9 Å². The van der Waals surface area contributed by atoms with Crippen LogP contribution in [0.15, 0.2) is 24.3 Å². The number of carbonyl (C=O) groups excluding carboxylic acids is 1. The molecule has 25 heavy (non-hydrogen) atoms. The molecule has 1 atom stereocenters. The molecule has 1 saturated carbocycles. The van der Waals surface area contributed by atoms with Crippen LogP contribution < -0.4 is 5.32 Å². The van der Waals surface area contributed by atoms with E-state index in [1.165, 1.54) is 75.6 Å². The molecule has 1 aromatic rings. The lowest BCUT2D eigenvalue weighted by Gasteiger charge is -2.43. The molecular weight excluding hydrogens is 308 g/mol. The summed E-state index contributed by atoms with van der Waals surface area (Å²) in [5.41, 5.74) is 3.15. The molecule has 1 saturated heterocycles. The highest BCUT2D eigenvalue weighted by atomic mass is 16.1. The van der Waals surface area contributed by atoms with Gasteiger partial charge in [0.15, 0.2) is 0 Å². The van der Waals surface area contributed by atoms with Crippen molar-refractivity contribution >= 4 is 5.91 Å². The molecule has 1 heterocycles. The van der Waals surface area contributed by atoms with E-state index in [9.17, 15) is 4.79 Å². The van der Waals surface area contributed by atoms with Gasteiger partial charge in [-0.05, 0) is 56.3 Å². The van der Waals surface area contributed by atoms with Crippen LogP contribution in [-0.2, 0) is 10.2 Å². The Morgan fingerprint density at radius 2 is 1.76 bits per heavy atom. The fraction of sp³-hybridized carbons (Fsp3) is 0.682. The number of fused-ring (bicyclic) bond motifs is 2. The molecule has 1 N–H and O–H groups in total. The van der Waals surface area contributed by atoms with Gasteiger partial charge in [0.25, 0.3) is 0 Å². The molecule has 3 heteroatoms. The van der Waals surface area contributed by atoms with Gasteiger partial charge in [-0.25, -0.2) is 0 Å². The van der Waals surface area contributed by atoms with Gasteiger partial charge in [0.05, 0.1) is 6.04 Å². The molecule has 0 bridgehead atoms. The zero-order chi connectivity index (χ0) is 17.3. The average molecular weight is 341 g/mol. The zero-order valence-corrected chi connectivity index (χ0v) is 15.6. The molecule has 136 valence electrons. The topological polar surface area (TPSA) is 32.3 Å². The molecule has 2 aliphatic carbocycles. The van der Waals surface area contributed by atoms with Crippen LogP contribution in [0.3, 0.4) is 0 Å². The molecular formula is C22H32N2O. The van der Waals surface area contributed by atoms with Crippen LogP contribution in [0, 0.1) is 0 Å². The Bertz CT molecular complexity index is 610. The highest BCUT2D eigenvalue weighted by Crippen LogP contribution is 2.51. The van der Waals surface area contributed by atoms with Crippen molar-refractivity contribution in [2.24, 2.45) is 0 Å². The first kappa shape index (κ1) is 17.1. The van der Waals surface area contributed by atoms with Crippen molar-refractivity contribution in [3.8, 4) is 0 Å². The van der Waals surface area contributed by atoms with E-state index in [0.29, 0.717) is 0 Å². The fourth-order valence-corrected chi connectivity index (χ4v) is 5.68. The number of piperidine rings is 1. The van der Waals surface area contributed by atoms with Crippen molar-refractivity contribution in [1.82, 2.24) is 10.2 Å². The Labute approximate surface area is 152 Å². The van der Waals surface area contributed by atoms with Gasteiger partial charge in [-0.3, -0.25) is 4.79 Å². The van der Waals surface area contributed by atoms with E-state index >= 15 is 0 Å². The minimum atomic E-state index is 0.0905. The second-order valence-corrected chi connectivity index (χ2v) is 8.51. The number of hydrogen-bond donors (Lipinski definition) is 1. The number of hydrogen-bond acceptors (Lipinski definition) is 2. The molecule has 1 aromatic carbocycles. The number of nitrogens with one attached hydrogen (secondary N) is 1. The van der Waals surface area contributed by atoms with Gasteiger partial charge in [0.2, 0.25) is 5.91 Å². The quantitative estimate of drug-likeness (QED) is 0.813. The van der Waals surface area contributed by atoms with Gasteiger partial charge in [-0.2, -0.15) is 0 Å². The summed E-state index contributed by atoms with van der Waals surface area (Å²) in [7, 11) is 0. The van der Waals surface area contributed by atoms with Gasteiger partial charge in [-0.15, -0.1) is 0 Å². The van der Waals surface area contributed by atoms with Crippen molar-refractivity contribution in [2.45, 2.75) is 82.2 Å².